The van der Waals surface area contributed by atoms with E-state index in [1.165, 1.54) is 0 Å². The van der Waals surface area contributed by atoms with Crippen LogP contribution in [0.5, 0.6) is 0 Å². The van der Waals surface area contributed by atoms with Crippen LogP contribution in [-0.2, 0) is 14.1 Å². The molecule has 0 bridgehead atoms. The first-order chi connectivity index (χ1) is 11.7. The van der Waals surface area contributed by atoms with Gasteiger partial charge in [0.15, 0.2) is 0 Å². The van der Waals surface area contributed by atoms with Gasteiger partial charge in [0.25, 0.3) is 5.56 Å². The van der Waals surface area contributed by atoms with E-state index < -0.39 is 0 Å². The summed E-state index contributed by atoms with van der Waals surface area (Å²) < 4.78 is 3.50. The van der Waals surface area contributed by atoms with E-state index >= 15 is 0 Å². The van der Waals surface area contributed by atoms with Gasteiger partial charge in [0.1, 0.15) is 0 Å². The zero-order chi connectivity index (χ0) is 16.7. The zero-order valence-electron chi connectivity index (χ0n) is 13.5. The molecular formula is C19H16N4O. The van der Waals surface area contributed by atoms with Gasteiger partial charge in [0, 0.05) is 32.1 Å². The molecule has 5 heteroatoms. The lowest BCUT2D eigenvalue weighted by Crippen LogP contribution is -2.17. The van der Waals surface area contributed by atoms with Crippen molar-refractivity contribution in [3.05, 3.63) is 71.3 Å². The summed E-state index contributed by atoms with van der Waals surface area (Å²) in [6, 6.07) is 15.6. The largest absolute Gasteiger partial charge is 0.285 e. The van der Waals surface area contributed by atoms with Crippen molar-refractivity contribution in [3.63, 3.8) is 0 Å². The summed E-state index contributed by atoms with van der Waals surface area (Å²) in [4.78, 5) is 21.4. The average molecular weight is 316 g/mol. The summed E-state index contributed by atoms with van der Waals surface area (Å²) in [5.41, 5.74) is 5.06. The van der Waals surface area contributed by atoms with Gasteiger partial charge in [-0.1, -0.05) is 36.4 Å². The quantitative estimate of drug-likeness (QED) is 0.571. The molecular weight excluding hydrogens is 300 g/mol. The second-order valence-electron chi connectivity index (χ2n) is 5.70. The molecule has 0 fully saturated rings. The number of nitrogens with zero attached hydrogens (tertiary/aromatic N) is 4. The second-order valence-corrected chi connectivity index (χ2v) is 5.70. The number of rotatable bonds is 2. The Bertz CT molecular complexity index is 1090. The van der Waals surface area contributed by atoms with Gasteiger partial charge in [-0.15, -0.1) is 0 Å². The van der Waals surface area contributed by atoms with Gasteiger partial charge < -0.3 is 0 Å². The molecule has 0 unspecified atom stereocenters. The normalized spacial score (nSPS) is 11.1. The van der Waals surface area contributed by atoms with Crippen LogP contribution < -0.4 is 5.56 Å². The van der Waals surface area contributed by atoms with Crippen molar-refractivity contribution >= 4 is 11.0 Å². The van der Waals surface area contributed by atoms with Crippen LogP contribution in [0.15, 0.2) is 65.7 Å². The molecule has 0 aliphatic carbocycles. The topological polar surface area (TPSA) is 52.7 Å². The molecule has 0 radical (unpaired) electrons. The molecule has 2 aromatic heterocycles. The SMILES string of the molecule is Cn1c(-c2ccc3nccnc3c2)c(-c2ccccc2)c(=O)n1C. The highest BCUT2D eigenvalue weighted by Gasteiger charge is 2.19. The fourth-order valence-electron chi connectivity index (χ4n) is 3.02. The summed E-state index contributed by atoms with van der Waals surface area (Å²) in [6.07, 6.45) is 3.35. The molecule has 2 heterocycles. The Balaban J connectivity index is 2.04. The highest BCUT2D eigenvalue weighted by atomic mass is 16.1. The maximum absolute atomic E-state index is 12.8. The molecule has 0 saturated carbocycles. The first-order valence-corrected chi connectivity index (χ1v) is 7.69. The van der Waals surface area contributed by atoms with Crippen molar-refractivity contribution in [2.75, 3.05) is 0 Å². The maximum Gasteiger partial charge on any atom is 0.274 e. The Hall–Kier alpha value is -3.21. The van der Waals surface area contributed by atoms with Crippen LogP contribution in [0.25, 0.3) is 33.4 Å². The number of hydrogen-bond acceptors (Lipinski definition) is 3. The van der Waals surface area contributed by atoms with Crippen LogP contribution >= 0.6 is 0 Å². The molecule has 0 saturated heterocycles. The highest BCUT2D eigenvalue weighted by molar-refractivity contribution is 5.86. The van der Waals surface area contributed by atoms with Crippen molar-refractivity contribution in [3.8, 4) is 22.4 Å². The Labute approximate surface area is 138 Å². The van der Waals surface area contributed by atoms with Crippen LogP contribution in [0.1, 0.15) is 0 Å². The van der Waals surface area contributed by atoms with Crippen molar-refractivity contribution in [1.82, 2.24) is 19.3 Å². The van der Waals surface area contributed by atoms with E-state index in [2.05, 4.69) is 9.97 Å². The smallest absolute Gasteiger partial charge is 0.274 e. The van der Waals surface area contributed by atoms with E-state index in [0.717, 1.165) is 27.9 Å². The Morgan fingerprint density at radius 3 is 2.25 bits per heavy atom. The third kappa shape index (κ3) is 2.13. The molecule has 24 heavy (non-hydrogen) atoms. The van der Waals surface area contributed by atoms with Crippen LogP contribution in [0.4, 0.5) is 0 Å². The van der Waals surface area contributed by atoms with Crippen LogP contribution in [-0.4, -0.2) is 19.3 Å². The lowest BCUT2D eigenvalue weighted by atomic mass is 10.0. The molecule has 0 aliphatic rings. The van der Waals surface area contributed by atoms with E-state index in [4.69, 9.17) is 0 Å². The molecule has 0 aliphatic heterocycles. The van der Waals surface area contributed by atoms with Gasteiger partial charge in [-0.05, 0) is 17.7 Å². The van der Waals surface area contributed by atoms with Crippen molar-refractivity contribution in [1.29, 1.82) is 0 Å². The zero-order valence-corrected chi connectivity index (χ0v) is 13.5. The Morgan fingerprint density at radius 2 is 1.50 bits per heavy atom. The third-order valence-corrected chi connectivity index (χ3v) is 4.32. The molecule has 0 N–H and O–H groups in total. The summed E-state index contributed by atoms with van der Waals surface area (Å²) in [6.45, 7) is 0. The van der Waals surface area contributed by atoms with Gasteiger partial charge in [0.05, 0.1) is 22.3 Å². The molecule has 0 amide bonds. The van der Waals surface area contributed by atoms with Crippen molar-refractivity contribution < 1.29 is 0 Å². The molecule has 118 valence electrons. The highest BCUT2D eigenvalue weighted by Crippen LogP contribution is 2.30. The predicted molar refractivity (Wildman–Crippen MR) is 94.6 cm³/mol. The Kier molecular flexibility index (Phi) is 3.27. The first-order valence-electron chi connectivity index (χ1n) is 7.69. The molecule has 0 spiro atoms. The average Bonchev–Trinajstić information content (AvgIpc) is 2.86. The van der Waals surface area contributed by atoms with E-state index in [9.17, 15) is 4.79 Å². The summed E-state index contributed by atoms with van der Waals surface area (Å²) >= 11 is 0. The number of fused-ring (bicyclic) bond motifs is 1. The molecule has 4 rings (SSSR count). The first kappa shape index (κ1) is 14.4. The van der Waals surface area contributed by atoms with Gasteiger partial charge in [-0.25, -0.2) is 0 Å². The number of benzene rings is 2. The van der Waals surface area contributed by atoms with Gasteiger partial charge in [-0.2, -0.15) is 0 Å². The fourth-order valence-corrected chi connectivity index (χ4v) is 3.02. The van der Waals surface area contributed by atoms with Crippen LogP contribution in [0, 0.1) is 0 Å². The van der Waals surface area contributed by atoms with E-state index in [1.54, 1.807) is 24.1 Å². The lowest BCUT2D eigenvalue weighted by Gasteiger charge is -2.09. The molecule has 0 atom stereocenters. The predicted octanol–water partition coefficient (Wildman–Crippen LogP) is 3.00. The monoisotopic (exact) mass is 316 g/mol. The maximum atomic E-state index is 12.8. The summed E-state index contributed by atoms with van der Waals surface area (Å²) in [5.74, 6) is 0. The minimum absolute atomic E-state index is 0.0158. The van der Waals surface area contributed by atoms with Gasteiger partial charge in [-0.3, -0.25) is 24.1 Å². The van der Waals surface area contributed by atoms with Gasteiger partial charge in [0.2, 0.25) is 0 Å². The standard InChI is InChI=1S/C19H16N4O/c1-22-18(14-8-9-15-16(12-14)21-11-10-20-15)17(19(24)23(22)2)13-6-4-3-5-7-13/h3-12H,1-2H3. The number of aromatic nitrogens is 4. The van der Waals surface area contributed by atoms with E-state index in [0.29, 0.717) is 5.56 Å². The summed E-state index contributed by atoms with van der Waals surface area (Å²) in [7, 11) is 3.67. The minimum Gasteiger partial charge on any atom is -0.285 e. The Morgan fingerprint density at radius 1 is 0.792 bits per heavy atom. The summed E-state index contributed by atoms with van der Waals surface area (Å²) in [5, 5.41) is 0. The van der Waals surface area contributed by atoms with E-state index in [-0.39, 0.29) is 5.56 Å². The molecule has 2 aromatic carbocycles. The molecule has 5 nitrogen and oxygen atoms in total. The third-order valence-electron chi connectivity index (χ3n) is 4.32. The number of hydrogen-bond donors (Lipinski definition) is 0. The second kappa shape index (κ2) is 5.45. The van der Waals surface area contributed by atoms with Gasteiger partial charge >= 0.3 is 0 Å². The van der Waals surface area contributed by atoms with E-state index in [1.807, 2.05) is 60.3 Å². The minimum atomic E-state index is -0.0158. The van der Waals surface area contributed by atoms with Crippen molar-refractivity contribution in [2.45, 2.75) is 0 Å². The molecule has 4 aromatic rings. The van der Waals surface area contributed by atoms with Crippen LogP contribution in [0.2, 0.25) is 0 Å². The van der Waals surface area contributed by atoms with Crippen LogP contribution in [0.3, 0.4) is 0 Å². The lowest BCUT2D eigenvalue weighted by molar-refractivity contribution is 0.584. The fraction of sp³-hybridized carbons (Fsp3) is 0.105. The van der Waals surface area contributed by atoms with Crippen molar-refractivity contribution in [2.24, 2.45) is 14.1 Å².